The Labute approximate surface area is 142 Å². The summed E-state index contributed by atoms with van der Waals surface area (Å²) in [6, 6.07) is 8.07. The molecule has 0 spiro atoms. The predicted molar refractivity (Wildman–Crippen MR) is 91.6 cm³/mol. The number of rotatable bonds is 6. The summed E-state index contributed by atoms with van der Waals surface area (Å²) in [6.45, 7) is 4.66. The Morgan fingerprint density at radius 2 is 1.91 bits per heavy atom. The van der Waals surface area contributed by atoms with E-state index in [0.717, 1.165) is 9.75 Å². The molecule has 3 heterocycles. The highest BCUT2D eigenvalue weighted by atomic mass is 32.1. The van der Waals surface area contributed by atoms with Gasteiger partial charge in [0.05, 0.1) is 11.4 Å². The smallest absolute Gasteiger partial charge is 0.257 e. The van der Waals surface area contributed by atoms with Gasteiger partial charge < -0.3 is 9.73 Å². The third-order valence-corrected chi connectivity index (χ3v) is 5.23. The van der Waals surface area contributed by atoms with E-state index in [4.69, 9.17) is 4.42 Å². The van der Waals surface area contributed by atoms with Crippen LogP contribution in [-0.4, -0.2) is 16.1 Å². The van der Waals surface area contributed by atoms with Crippen molar-refractivity contribution < 1.29 is 9.21 Å². The molecule has 0 fully saturated rings. The maximum Gasteiger partial charge on any atom is 0.257 e. The van der Waals surface area contributed by atoms with Crippen molar-refractivity contribution in [1.82, 2.24) is 15.5 Å². The number of nitrogens with zero attached hydrogens (tertiary/aromatic N) is 2. The van der Waals surface area contributed by atoms with E-state index in [0.29, 0.717) is 31.2 Å². The fraction of sp³-hybridized carbons (Fsp3) is 0.312. The van der Waals surface area contributed by atoms with Gasteiger partial charge >= 0.3 is 0 Å². The largest absolute Gasteiger partial charge is 0.420 e. The van der Waals surface area contributed by atoms with E-state index in [2.05, 4.69) is 28.5 Å². The highest BCUT2D eigenvalue weighted by molar-refractivity contribution is 7.15. The lowest BCUT2D eigenvalue weighted by Gasteiger charge is -2.01. The van der Waals surface area contributed by atoms with Gasteiger partial charge in [-0.1, -0.05) is 0 Å². The molecule has 3 rings (SSSR count). The van der Waals surface area contributed by atoms with Gasteiger partial charge in [0.25, 0.3) is 5.89 Å². The molecule has 0 atom stereocenters. The van der Waals surface area contributed by atoms with E-state index in [-0.39, 0.29) is 5.91 Å². The molecule has 120 valence electrons. The second kappa shape index (κ2) is 7.06. The van der Waals surface area contributed by atoms with Crippen LogP contribution in [0.4, 0.5) is 0 Å². The summed E-state index contributed by atoms with van der Waals surface area (Å²) in [6.07, 6.45) is 0.794. The number of carbonyl (C=O) groups is 1. The van der Waals surface area contributed by atoms with Crippen molar-refractivity contribution >= 4 is 28.6 Å². The number of hydrogen-bond donors (Lipinski definition) is 1. The van der Waals surface area contributed by atoms with Gasteiger partial charge in [-0.3, -0.25) is 4.79 Å². The summed E-state index contributed by atoms with van der Waals surface area (Å²) in [7, 11) is 0. The van der Waals surface area contributed by atoms with Crippen LogP contribution in [0.1, 0.15) is 26.9 Å². The minimum absolute atomic E-state index is 0.0113. The molecule has 5 nitrogen and oxygen atoms in total. The molecule has 0 aromatic carbocycles. The molecule has 3 aromatic rings. The predicted octanol–water partition coefficient (Wildman–Crippen LogP) is 3.73. The van der Waals surface area contributed by atoms with E-state index >= 15 is 0 Å². The third-order valence-electron chi connectivity index (χ3n) is 3.24. The summed E-state index contributed by atoms with van der Waals surface area (Å²) < 4.78 is 5.61. The van der Waals surface area contributed by atoms with E-state index in [1.165, 1.54) is 9.75 Å². The molecule has 0 aliphatic rings. The molecule has 3 aromatic heterocycles. The molecule has 0 bridgehead atoms. The van der Waals surface area contributed by atoms with Gasteiger partial charge in [-0.2, -0.15) is 0 Å². The topological polar surface area (TPSA) is 68.0 Å². The molecule has 23 heavy (non-hydrogen) atoms. The van der Waals surface area contributed by atoms with Crippen molar-refractivity contribution in [1.29, 1.82) is 0 Å². The first-order valence-electron chi connectivity index (χ1n) is 7.31. The fourth-order valence-corrected chi connectivity index (χ4v) is 3.70. The number of carbonyl (C=O) groups excluding carboxylic acids is 1. The van der Waals surface area contributed by atoms with E-state index in [1.807, 2.05) is 25.1 Å². The summed E-state index contributed by atoms with van der Waals surface area (Å²) in [5.74, 6) is 1.00. The monoisotopic (exact) mass is 347 g/mol. The van der Waals surface area contributed by atoms with Crippen molar-refractivity contribution in [2.75, 3.05) is 0 Å². The highest BCUT2D eigenvalue weighted by Crippen LogP contribution is 2.26. The molecule has 0 unspecified atom stereocenters. The highest BCUT2D eigenvalue weighted by Gasteiger charge is 2.12. The van der Waals surface area contributed by atoms with Gasteiger partial charge in [0.1, 0.15) is 0 Å². The van der Waals surface area contributed by atoms with E-state index in [9.17, 15) is 4.79 Å². The Balaban J connectivity index is 1.48. The van der Waals surface area contributed by atoms with Gasteiger partial charge in [0.15, 0.2) is 0 Å². The molecule has 0 aliphatic carbocycles. The van der Waals surface area contributed by atoms with Gasteiger partial charge in [0, 0.05) is 27.5 Å². The van der Waals surface area contributed by atoms with Gasteiger partial charge in [-0.15, -0.1) is 32.9 Å². The van der Waals surface area contributed by atoms with Gasteiger partial charge in [0.2, 0.25) is 11.8 Å². The number of hydrogen-bond acceptors (Lipinski definition) is 6. The molecule has 0 saturated heterocycles. The lowest BCUT2D eigenvalue weighted by atomic mass is 10.3. The number of nitrogens with one attached hydrogen (secondary N) is 1. The first-order valence-corrected chi connectivity index (χ1v) is 8.94. The Morgan fingerprint density at radius 3 is 2.61 bits per heavy atom. The van der Waals surface area contributed by atoms with Crippen molar-refractivity contribution in [3.8, 4) is 10.8 Å². The van der Waals surface area contributed by atoms with Crippen LogP contribution in [0.5, 0.6) is 0 Å². The van der Waals surface area contributed by atoms with Crippen LogP contribution in [-0.2, 0) is 17.8 Å². The third kappa shape index (κ3) is 4.27. The van der Waals surface area contributed by atoms with Gasteiger partial charge in [-0.25, -0.2) is 0 Å². The summed E-state index contributed by atoms with van der Waals surface area (Å²) in [5.41, 5.74) is 0. The quantitative estimate of drug-likeness (QED) is 0.738. The molecule has 1 amide bonds. The molecule has 0 saturated carbocycles. The number of amides is 1. The maximum atomic E-state index is 11.9. The first kappa shape index (κ1) is 15.9. The van der Waals surface area contributed by atoms with Crippen LogP contribution in [0.3, 0.4) is 0 Å². The number of aryl methyl sites for hydroxylation is 3. The Hall–Kier alpha value is -1.99. The first-order chi connectivity index (χ1) is 11.1. The van der Waals surface area contributed by atoms with Crippen LogP contribution >= 0.6 is 22.7 Å². The minimum atomic E-state index is -0.0113. The van der Waals surface area contributed by atoms with Crippen molar-refractivity contribution in [3.05, 3.63) is 44.8 Å². The average molecular weight is 347 g/mol. The van der Waals surface area contributed by atoms with Gasteiger partial charge in [-0.05, 0) is 38.1 Å². The van der Waals surface area contributed by atoms with Crippen LogP contribution in [0.2, 0.25) is 0 Å². The molecule has 7 heteroatoms. The normalized spacial score (nSPS) is 10.9. The zero-order chi connectivity index (χ0) is 16.2. The number of aromatic nitrogens is 2. The molecule has 0 radical (unpaired) electrons. The SMILES string of the molecule is Cc1ccc(CNC(=O)CCc2nnc(-c3ccc(C)s3)o2)s1. The zero-order valence-corrected chi connectivity index (χ0v) is 14.6. The van der Waals surface area contributed by atoms with Crippen LogP contribution in [0, 0.1) is 13.8 Å². The minimum Gasteiger partial charge on any atom is -0.420 e. The van der Waals surface area contributed by atoms with E-state index in [1.54, 1.807) is 22.7 Å². The van der Waals surface area contributed by atoms with Crippen LogP contribution < -0.4 is 5.32 Å². The standard InChI is InChI=1S/C16H17N3O2S2/c1-10-3-5-12(22-10)9-17-14(20)7-8-15-18-19-16(21-15)13-6-4-11(2)23-13/h3-6H,7-9H2,1-2H3,(H,17,20). The van der Waals surface area contributed by atoms with Crippen molar-refractivity contribution in [2.45, 2.75) is 33.2 Å². The Morgan fingerprint density at radius 1 is 1.13 bits per heavy atom. The second-order valence-corrected chi connectivity index (χ2v) is 7.86. The maximum absolute atomic E-state index is 11.9. The Kier molecular flexibility index (Phi) is 4.88. The lowest BCUT2D eigenvalue weighted by molar-refractivity contribution is -0.121. The molecule has 1 N–H and O–H groups in total. The Bertz CT molecular complexity index is 804. The van der Waals surface area contributed by atoms with E-state index < -0.39 is 0 Å². The zero-order valence-electron chi connectivity index (χ0n) is 13.0. The average Bonchev–Trinajstić information content (AvgIpc) is 3.24. The van der Waals surface area contributed by atoms with Crippen LogP contribution in [0.15, 0.2) is 28.7 Å². The van der Waals surface area contributed by atoms with Crippen molar-refractivity contribution in [3.63, 3.8) is 0 Å². The second-order valence-electron chi connectivity index (χ2n) is 5.20. The number of thiophene rings is 2. The van der Waals surface area contributed by atoms with Crippen LogP contribution in [0.25, 0.3) is 10.8 Å². The summed E-state index contributed by atoms with van der Waals surface area (Å²) in [5, 5.41) is 11.0. The summed E-state index contributed by atoms with van der Waals surface area (Å²) in [4.78, 5) is 16.4. The van der Waals surface area contributed by atoms with Crippen molar-refractivity contribution in [2.24, 2.45) is 0 Å². The molecule has 0 aliphatic heterocycles. The summed E-state index contributed by atoms with van der Waals surface area (Å²) >= 11 is 3.30. The molecular formula is C16H17N3O2S2. The molecular weight excluding hydrogens is 330 g/mol. The fourth-order valence-electron chi connectivity index (χ4n) is 2.08. The lowest BCUT2D eigenvalue weighted by Crippen LogP contribution is -2.22.